The highest BCUT2D eigenvalue weighted by Gasteiger charge is 2.36. The Morgan fingerprint density at radius 3 is 2.00 bits per heavy atom. The van der Waals surface area contributed by atoms with Gasteiger partial charge in [0.05, 0.1) is 5.56 Å². The Morgan fingerprint density at radius 1 is 1.13 bits per heavy atom. The van der Waals surface area contributed by atoms with Crippen LogP contribution in [0.25, 0.3) is 0 Å². The Balaban J connectivity index is 3.31. The molecule has 2 N–H and O–H groups in total. The molecule has 0 saturated carbocycles. The first-order valence-corrected chi connectivity index (χ1v) is 4.74. The summed E-state index contributed by atoms with van der Waals surface area (Å²) in [5.74, 6) is 0. The highest BCUT2D eigenvalue weighted by atomic mass is 19.4. The van der Waals surface area contributed by atoms with E-state index in [-0.39, 0.29) is 5.56 Å². The zero-order chi connectivity index (χ0) is 11.7. The summed E-state index contributed by atoms with van der Waals surface area (Å²) in [5, 5.41) is 0. The molecule has 0 fully saturated rings. The molecule has 1 aromatic rings. The fourth-order valence-corrected chi connectivity index (χ4v) is 1.42. The quantitative estimate of drug-likeness (QED) is 0.808. The lowest BCUT2D eigenvalue weighted by Gasteiger charge is -2.26. The predicted octanol–water partition coefficient (Wildman–Crippen LogP) is 3.29. The van der Waals surface area contributed by atoms with E-state index in [1.54, 1.807) is 19.9 Å². The zero-order valence-electron chi connectivity index (χ0n) is 8.73. The average molecular weight is 217 g/mol. The smallest absolute Gasteiger partial charge is 0.322 e. The number of hydrogen-bond donors (Lipinski definition) is 1. The number of rotatable bonds is 2. The molecule has 1 atom stereocenters. The van der Waals surface area contributed by atoms with E-state index in [0.29, 0.717) is 6.42 Å². The van der Waals surface area contributed by atoms with Gasteiger partial charge in [-0.15, -0.1) is 0 Å². The van der Waals surface area contributed by atoms with Gasteiger partial charge in [0, 0.05) is 5.54 Å². The second kappa shape index (κ2) is 3.85. The number of benzene rings is 1. The van der Waals surface area contributed by atoms with Crippen molar-refractivity contribution in [2.24, 2.45) is 5.73 Å². The van der Waals surface area contributed by atoms with Crippen molar-refractivity contribution in [1.82, 2.24) is 0 Å². The van der Waals surface area contributed by atoms with Gasteiger partial charge in [-0.2, -0.15) is 13.2 Å². The van der Waals surface area contributed by atoms with Gasteiger partial charge in [-0.05, 0) is 25.0 Å². The summed E-state index contributed by atoms with van der Waals surface area (Å²) in [5.41, 5.74) is 4.41. The van der Waals surface area contributed by atoms with Gasteiger partial charge >= 0.3 is 6.18 Å². The van der Waals surface area contributed by atoms with Gasteiger partial charge < -0.3 is 5.73 Å². The van der Waals surface area contributed by atoms with Crippen molar-refractivity contribution in [3.8, 4) is 0 Å². The van der Waals surface area contributed by atoms with Crippen LogP contribution in [0.3, 0.4) is 0 Å². The molecule has 0 aliphatic rings. The van der Waals surface area contributed by atoms with Gasteiger partial charge in [0.1, 0.15) is 0 Å². The summed E-state index contributed by atoms with van der Waals surface area (Å²) in [6, 6.07) is 5.45. The summed E-state index contributed by atoms with van der Waals surface area (Å²) in [6.45, 7) is 3.38. The highest BCUT2D eigenvalue weighted by Crippen LogP contribution is 2.36. The van der Waals surface area contributed by atoms with Gasteiger partial charge in [-0.25, -0.2) is 0 Å². The summed E-state index contributed by atoms with van der Waals surface area (Å²) in [7, 11) is 0. The molecule has 1 nitrogen and oxygen atoms in total. The summed E-state index contributed by atoms with van der Waals surface area (Å²) in [6.07, 6.45) is -3.88. The maximum Gasteiger partial charge on any atom is 0.416 e. The molecular formula is C11H14F3N. The van der Waals surface area contributed by atoms with Gasteiger partial charge in [-0.1, -0.05) is 25.1 Å². The Bertz CT molecular complexity index is 342. The topological polar surface area (TPSA) is 26.0 Å². The van der Waals surface area contributed by atoms with Crippen LogP contribution in [0.15, 0.2) is 24.3 Å². The van der Waals surface area contributed by atoms with Gasteiger partial charge in [0.15, 0.2) is 0 Å². The van der Waals surface area contributed by atoms with E-state index in [0.717, 1.165) is 6.07 Å². The standard InChI is InChI=1S/C11H14F3N/c1-3-10(2,15)8-6-4-5-7-9(8)11(12,13)14/h4-7H,3,15H2,1-2H3. The summed E-state index contributed by atoms with van der Waals surface area (Å²) < 4.78 is 38.0. The second-order valence-corrected chi connectivity index (χ2v) is 3.81. The first-order chi connectivity index (χ1) is 6.79. The molecular weight excluding hydrogens is 203 g/mol. The Hall–Kier alpha value is -1.03. The van der Waals surface area contributed by atoms with Crippen LogP contribution in [0.1, 0.15) is 31.4 Å². The summed E-state index contributed by atoms with van der Waals surface area (Å²) >= 11 is 0. The molecule has 0 amide bonds. The molecule has 4 heteroatoms. The van der Waals surface area contributed by atoms with Crippen LogP contribution in [0.4, 0.5) is 13.2 Å². The lowest BCUT2D eigenvalue weighted by Crippen LogP contribution is -2.34. The molecule has 0 saturated heterocycles. The van der Waals surface area contributed by atoms with Crippen LogP contribution in [0.5, 0.6) is 0 Å². The molecule has 1 aromatic carbocycles. The van der Waals surface area contributed by atoms with Crippen LogP contribution in [-0.4, -0.2) is 0 Å². The molecule has 84 valence electrons. The minimum atomic E-state index is -4.34. The van der Waals surface area contributed by atoms with Crippen molar-refractivity contribution < 1.29 is 13.2 Å². The normalized spacial score (nSPS) is 16.1. The third-order valence-corrected chi connectivity index (χ3v) is 2.58. The van der Waals surface area contributed by atoms with E-state index in [9.17, 15) is 13.2 Å². The first-order valence-electron chi connectivity index (χ1n) is 4.74. The lowest BCUT2D eigenvalue weighted by molar-refractivity contribution is -0.138. The molecule has 15 heavy (non-hydrogen) atoms. The molecule has 0 radical (unpaired) electrons. The SMILES string of the molecule is CCC(C)(N)c1ccccc1C(F)(F)F. The Morgan fingerprint density at radius 2 is 1.60 bits per heavy atom. The highest BCUT2D eigenvalue weighted by molar-refractivity contribution is 5.34. The lowest BCUT2D eigenvalue weighted by atomic mass is 9.87. The third-order valence-electron chi connectivity index (χ3n) is 2.58. The number of hydrogen-bond acceptors (Lipinski definition) is 1. The monoisotopic (exact) mass is 217 g/mol. The zero-order valence-corrected chi connectivity index (χ0v) is 8.73. The van der Waals surface area contributed by atoms with E-state index in [1.807, 2.05) is 0 Å². The number of nitrogens with two attached hydrogens (primary N) is 1. The number of alkyl halides is 3. The Kier molecular flexibility index (Phi) is 3.09. The van der Waals surface area contributed by atoms with E-state index >= 15 is 0 Å². The molecule has 0 aliphatic carbocycles. The fraction of sp³-hybridized carbons (Fsp3) is 0.455. The molecule has 0 bridgehead atoms. The van der Waals surface area contributed by atoms with Crippen LogP contribution in [0, 0.1) is 0 Å². The molecule has 0 spiro atoms. The van der Waals surface area contributed by atoms with Gasteiger partial charge in [0.25, 0.3) is 0 Å². The van der Waals surface area contributed by atoms with Crippen molar-refractivity contribution in [2.75, 3.05) is 0 Å². The van der Waals surface area contributed by atoms with Crippen LogP contribution < -0.4 is 5.73 Å². The minimum absolute atomic E-state index is 0.153. The van der Waals surface area contributed by atoms with E-state index in [1.165, 1.54) is 12.1 Å². The number of halogens is 3. The van der Waals surface area contributed by atoms with Crippen LogP contribution in [-0.2, 0) is 11.7 Å². The van der Waals surface area contributed by atoms with Crippen LogP contribution >= 0.6 is 0 Å². The van der Waals surface area contributed by atoms with Crippen molar-refractivity contribution in [3.63, 3.8) is 0 Å². The summed E-state index contributed by atoms with van der Waals surface area (Å²) in [4.78, 5) is 0. The largest absolute Gasteiger partial charge is 0.416 e. The maximum absolute atomic E-state index is 12.7. The Labute approximate surface area is 87.1 Å². The van der Waals surface area contributed by atoms with Crippen molar-refractivity contribution in [3.05, 3.63) is 35.4 Å². The fourth-order valence-electron chi connectivity index (χ4n) is 1.42. The van der Waals surface area contributed by atoms with E-state index in [4.69, 9.17) is 5.73 Å². The van der Waals surface area contributed by atoms with E-state index in [2.05, 4.69) is 0 Å². The van der Waals surface area contributed by atoms with Gasteiger partial charge in [0.2, 0.25) is 0 Å². The maximum atomic E-state index is 12.7. The van der Waals surface area contributed by atoms with Gasteiger partial charge in [-0.3, -0.25) is 0 Å². The third kappa shape index (κ3) is 2.50. The van der Waals surface area contributed by atoms with Crippen molar-refractivity contribution in [1.29, 1.82) is 0 Å². The molecule has 0 heterocycles. The second-order valence-electron chi connectivity index (χ2n) is 3.81. The first kappa shape index (κ1) is 12.0. The molecule has 0 aliphatic heterocycles. The molecule has 1 unspecified atom stereocenters. The van der Waals surface area contributed by atoms with E-state index < -0.39 is 17.3 Å². The average Bonchev–Trinajstić information content (AvgIpc) is 2.16. The van der Waals surface area contributed by atoms with Crippen molar-refractivity contribution >= 4 is 0 Å². The minimum Gasteiger partial charge on any atom is -0.322 e. The molecule has 1 rings (SSSR count). The van der Waals surface area contributed by atoms with Crippen molar-refractivity contribution in [2.45, 2.75) is 32.0 Å². The molecule has 0 aromatic heterocycles. The van der Waals surface area contributed by atoms with Crippen LogP contribution in [0.2, 0.25) is 0 Å². The predicted molar refractivity (Wildman–Crippen MR) is 53.3 cm³/mol.